The van der Waals surface area contributed by atoms with Gasteiger partial charge in [-0.3, -0.25) is 4.79 Å². The molecule has 0 atom stereocenters. The van der Waals surface area contributed by atoms with Crippen LogP contribution in [-0.2, 0) is 4.79 Å². The molecule has 110 valence electrons. The van der Waals surface area contributed by atoms with E-state index in [4.69, 9.17) is 5.73 Å². The van der Waals surface area contributed by atoms with Gasteiger partial charge in [0.2, 0.25) is 5.91 Å². The number of carbonyl (C=O) groups is 1. The van der Waals surface area contributed by atoms with Gasteiger partial charge in [-0.15, -0.1) is 0 Å². The Labute approximate surface area is 120 Å². The molecule has 0 saturated heterocycles. The van der Waals surface area contributed by atoms with Crippen LogP contribution in [0.5, 0.6) is 0 Å². The molecule has 6 nitrogen and oxygen atoms in total. The fourth-order valence-electron chi connectivity index (χ4n) is 2.01. The SMILES string of the molecule is CCCN(CC(=O)N(C)C)c1cc(N)nc(C2CC2)n1. The molecule has 20 heavy (non-hydrogen) atoms. The van der Waals surface area contributed by atoms with Crippen molar-refractivity contribution in [3.63, 3.8) is 0 Å². The first-order valence-corrected chi connectivity index (χ1v) is 7.10. The highest BCUT2D eigenvalue weighted by Crippen LogP contribution is 2.38. The van der Waals surface area contributed by atoms with Gasteiger partial charge in [0.1, 0.15) is 17.5 Å². The Morgan fingerprint density at radius 3 is 2.65 bits per heavy atom. The van der Waals surface area contributed by atoms with Gasteiger partial charge in [-0.2, -0.15) is 0 Å². The molecule has 1 fully saturated rings. The summed E-state index contributed by atoms with van der Waals surface area (Å²) in [7, 11) is 3.52. The van der Waals surface area contributed by atoms with Crippen LogP contribution in [0.25, 0.3) is 0 Å². The number of rotatable bonds is 6. The fraction of sp³-hybridized carbons (Fsp3) is 0.643. The smallest absolute Gasteiger partial charge is 0.241 e. The topological polar surface area (TPSA) is 75.4 Å². The van der Waals surface area contributed by atoms with Crippen LogP contribution in [0.2, 0.25) is 0 Å². The molecule has 2 N–H and O–H groups in total. The van der Waals surface area contributed by atoms with Crippen molar-refractivity contribution >= 4 is 17.5 Å². The molecule has 1 aromatic rings. The lowest BCUT2D eigenvalue weighted by molar-refractivity contribution is -0.127. The monoisotopic (exact) mass is 277 g/mol. The molecular weight excluding hydrogens is 254 g/mol. The Kier molecular flexibility index (Phi) is 4.42. The van der Waals surface area contributed by atoms with Gasteiger partial charge < -0.3 is 15.5 Å². The van der Waals surface area contributed by atoms with Gasteiger partial charge in [0.05, 0.1) is 6.54 Å². The van der Waals surface area contributed by atoms with E-state index in [2.05, 4.69) is 16.9 Å². The molecule has 1 aliphatic rings. The fourth-order valence-corrected chi connectivity index (χ4v) is 2.01. The van der Waals surface area contributed by atoms with E-state index >= 15 is 0 Å². The van der Waals surface area contributed by atoms with Crippen molar-refractivity contribution in [3.8, 4) is 0 Å². The minimum Gasteiger partial charge on any atom is -0.384 e. The number of likely N-dealkylation sites (N-methyl/N-ethyl adjacent to an activating group) is 1. The summed E-state index contributed by atoms with van der Waals surface area (Å²) in [5.41, 5.74) is 5.88. The lowest BCUT2D eigenvalue weighted by atomic mass is 10.3. The first-order chi connectivity index (χ1) is 9.51. The Balaban J connectivity index is 2.21. The highest BCUT2D eigenvalue weighted by Gasteiger charge is 2.28. The average Bonchev–Trinajstić information content (AvgIpc) is 3.21. The Bertz CT molecular complexity index is 484. The zero-order chi connectivity index (χ0) is 14.7. The first-order valence-electron chi connectivity index (χ1n) is 7.10. The van der Waals surface area contributed by atoms with Gasteiger partial charge in [0, 0.05) is 32.6 Å². The maximum absolute atomic E-state index is 11.9. The summed E-state index contributed by atoms with van der Waals surface area (Å²) < 4.78 is 0. The number of amides is 1. The summed E-state index contributed by atoms with van der Waals surface area (Å²) in [6.07, 6.45) is 3.21. The van der Waals surface area contributed by atoms with E-state index in [0.29, 0.717) is 18.3 Å². The largest absolute Gasteiger partial charge is 0.384 e. The second kappa shape index (κ2) is 6.07. The predicted molar refractivity (Wildman–Crippen MR) is 79.6 cm³/mol. The van der Waals surface area contributed by atoms with Crippen LogP contribution >= 0.6 is 0 Å². The summed E-state index contributed by atoms with van der Waals surface area (Å²) in [6.45, 7) is 3.18. The highest BCUT2D eigenvalue weighted by atomic mass is 16.2. The lowest BCUT2D eigenvalue weighted by Crippen LogP contribution is -2.37. The third-order valence-electron chi connectivity index (χ3n) is 3.33. The number of nitrogen functional groups attached to an aromatic ring is 1. The second-order valence-corrected chi connectivity index (χ2v) is 5.49. The zero-order valence-corrected chi connectivity index (χ0v) is 12.5. The van der Waals surface area contributed by atoms with Gasteiger partial charge in [-0.05, 0) is 19.3 Å². The van der Waals surface area contributed by atoms with E-state index in [1.165, 1.54) is 0 Å². The van der Waals surface area contributed by atoms with Crippen molar-refractivity contribution in [3.05, 3.63) is 11.9 Å². The molecule has 1 amide bonds. The molecule has 0 unspecified atom stereocenters. The number of nitrogens with zero attached hydrogens (tertiary/aromatic N) is 4. The molecule has 0 aliphatic heterocycles. The van der Waals surface area contributed by atoms with Crippen molar-refractivity contribution in [2.24, 2.45) is 0 Å². The molecule has 0 spiro atoms. The number of aromatic nitrogens is 2. The third-order valence-corrected chi connectivity index (χ3v) is 3.33. The van der Waals surface area contributed by atoms with Gasteiger partial charge in [0.25, 0.3) is 0 Å². The Morgan fingerprint density at radius 2 is 2.10 bits per heavy atom. The van der Waals surface area contributed by atoms with Crippen LogP contribution in [0, 0.1) is 0 Å². The number of nitrogens with two attached hydrogens (primary N) is 1. The van der Waals surface area contributed by atoms with Gasteiger partial charge in [0.15, 0.2) is 0 Å². The summed E-state index contributed by atoms with van der Waals surface area (Å²) in [5, 5.41) is 0. The van der Waals surface area contributed by atoms with Gasteiger partial charge in [-0.25, -0.2) is 9.97 Å². The second-order valence-electron chi connectivity index (χ2n) is 5.49. The maximum atomic E-state index is 11.9. The normalized spacial score (nSPS) is 14.2. The maximum Gasteiger partial charge on any atom is 0.241 e. The molecule has 2 rings (SSSR count). The van der Waals surface area contributed by atoms with E-state index in [9.17, 15) is 4.79 Å². The number of anilines is 2. The molecule has 1 heterocycles. The highest BCUT2D eigenvalue weighted by molar-refractivity contribution is 5.80. The zero-order valence-electron chi connectivity index (χ0n) is 12.5. The van der Waals surface area contributed by atoms with Crippen LogP contribution in [0.15, 0.2) is 6.07 Å². The quantitative estimate of drug-likeness (QED) is 0.846. The van der Waals surface area contributed by atoms with E-state index in [0.717, 1.165) is 37.4 Å². The van der Waals surface area contributed by atoms with Crippen molar-refractivity contribution in [1.82, 2.24) is 14.9 Å². The average molecular weight is 277 g/mol. The number of hydrogen-bond acceptors (Lipinski definition) is 5. The van der Waals surface area contributed by atoms with Gasteiger partial charge in [-0.1, -0.05) is 6.92 Å². The van der Waals surface area contributed by atoms with E-state index in [1.54, 1.807) is 25.1 Å². The molecule has 6 heteroatoms. The van der Waals surface area contributed by atoms with Crippen LogP contribution in [0.1, 0.15) is 37.9 Å². The third kappa shape index (κ3) is 3.59. The Hall–Kier alpha value is -1.85. The van der Waals surface area contributed by atoms with Crippen molar-refractivity contribution in [2.45, 2.75) is 32.1 Å². The Morgan fingerprint density at radius 1 is 1.40 bits per heavy atom. The minimum atomic E-state index is 0.0589. The minimum absolute atomic E-state index is 0.0589. The van der Waals surface area contributed by atoms with Crippen LogP contribution < -0.4 is 10.6 Å². The number of carbonyl (C=O) groups excluding carboxylic acids is 1. The molecule has 1 aromatic heterocycles. The lowest BCUT2D eigenvalue weighted by Gasteiger charge is -2.24. The summed E-state index contributed by atoms with van der Waals surface area (Å²) in [5.74, 6) is 2.57. The molecule has 1 aliphatic carbocycles. The number of hydrogen-bond donors (Lipinski definition) is 1. The van der Waals surface area contributed by atoms with Crippen molar-refractivity contribution < 1.29 is 4.79 Å². The van der Waals surface area contributed by atoms with Gasteiger partial charge >= 0.3 is 0 Å². The van der Waals surface area contributed by atoms with E-state index < -0.39 is 0 Å². The molecule has 0 aromatic carbocycles. The van der Waals surface area contributed by atoms with Crippen LogP contribution in [0.4, 0.5) is 11.6 Å². The van der Waals surface area contributed by atoms with Crippen LogP contribution in [-0.4, -0.2) is 48.0 Å². The molecule has 0 radical (unpaired) electrons. The van der Waals surface area contributed by atoms with Crippen molar-refractivity contribution in [1.29, 1.82) is 0 Å². The predicted octanol–water partition coefficient (Wildman–Crippen LogP) is 1.24. The molecule has 1 saturated carbocycles. The summed E-state index contributed by atoms with van der Waals surface area (Å²) in [4.78, 5) is 24.4. The van der Waals surface area contributed by atoms with E-state index in [1.807, 2.05) is 4.90 Å². The first kappa shape index (κ1) is 14.6. The van der Waals surface area contributed by atoms with E-state index in [-0.39, 0.29) is 5.91 Å². The summed E-state index contributed by atoms with van der Waals surface area (Å²) >= 11 is 0. The summed E-state index contributed by atoms with van der Waals surface area (Å²) in [6, 6.07) is 1.75. The van der Waals surface area contributed by atoms with Crippen LogP contribution in [0.3, 0.4) is 0 Å². The standard InChI is InChI=1S/C14H23N5O/c1-4-7-19(9-13(20)18(2)3)12-8-11(15)16-14(17-12)10-5-6-10/h8,10H,4-7,9H2,1-3H3,(H2,15,16,17). The molecular formula is C14H23N5O. The van der Waals surface area contributed by atoms with Crippen molar-refractivity contribution in [2.75, 3.05) is 37.8 Å². The molecule has 0 bridgehead atoms.